The second-order valence-corrected chi connectivity index (χ2v) is 13.2. The number of alkyl halides is 3. The number of sulfonamides is 1. The Morgan fingerprint density at radius 1 is 1.13 bits per heavy atom. The number of aliphatic carboxylic acids is 1. The van der Waals surface area contributed by atoms with Crippen LogP contribution < -0.4 is 5.32 Å². The van der Waals surface area contributed by atoms with E-state index in [1.165, 1.54) is 10.6 Å². The standard InChI is InChI=1S/C28H32ClN5O4S.C2HF3O2/c1-18-15-25(19(2)14-23(18)29)39(36,37)34(22-8-9-22)16-26-32-24(17-38-26)28(35)33(3)13-10-20-4-6-21(7-5-20)27-30-11-12-31-27;3-2(4,5)1(6)7/h4-7,14-15,17,22H,8-13,16H2,1-3H3,(H,30,31);(H,6,7). The van der Waals surface area contributed by atoms with E-state index in [9.17, 15) is 26.4 Å². The second-order valence-electron chi connectivity index (χ2n) is 10.9. The van der Waals surface area contributed by atoms with E-state index in [2.05, 4.69) is 15.3 Å². The molecule has 2 heterocycles. The van der Waals surface area contributed by atoms with Crippen molar-refractivity contribution >= 4 is 39.3 Å². The van der Waals surface area contributed by atoms with Crippen LogP contribution in [0.5, 0.6) is 0 Å². The molecular weight excluding hydrogens is 651 g/mol. The zero-order valence-corrected chi connectivity index (χ0v) is 26.8. The number of amides is 1. The van der Waals surface area contributed by atoms with Gasteiger partial charge >= 0.3 is 12.1 Å². The summed E-state index contributed by atoms with van der Waals surface area (Å²) in [5, 5.41) is 10.9. The molecule has 1 aliphatic heterocycles. The van der Waals surface area contributed by atoms with Crippen LogP contribution in [-0.4, -0.2) is 84.3 Å². The molecule has 2 aliphatic rings. The molecule has 0 unspecified atom stereocenters. The lowest BCUT2D eigenvalue weighted by Gasteiger charge is -2.22. The van der Waals surface area contributed by atoms with Gasteiger partial charge in [-0.2, -0.15) is 17.5 Å². The van der Waals surface area contributed by atoms with E-state index in [0.717, 1.165) is 42.9 Å². The lowest BCUT2D eigenvalue weighted by molar-refractivity contribution is -0.192. The van der Waals surface area contributed by atoms with E-state index in [0.29, 0.717) is 29.1 Å². The summed E-state index contributed by atoms with van der Waals surface area (Å²) in [6.07, 6.45) is -1.56. The summed E-state index contributed by atoms with van der Waals surface area (Å²) in [6, 6.07) is 11.3. The highest BCUT2D eigenvalue weighted by Gasteiger charge is 2.40. The quantitative estimate of drug-likeness (QED) is 0.316. The molecule has 1 saturated carbocycles. The Morgan fingerprint density at radius 3 is 2.35 bits per heavy atom. The Balaban J connectivity index is 0.000000617. The number of hydrogen-bond acceptors (Lipinski definition) is 8. The van der Waals surface area contributed by atoms with Crippen LogP contribution in [0, 0.1) is 13.8 Å². The van der Waals surface area contributed by atoms with Crippen LogP contribution in [0.4, 0.5) is 13.2 Å². The van der Waals surface area contributed by atoms with Crippen molar-refractivity contribution in [2.24, 2.45) is 4.99 Å². The number of amidine groups is 1. The lowest BCUT2D eigenvalue weighted by Crippen LogP contribution is -2.33. The highest BCUT2D eigenvalue weighted by atomic mass is 35.5. The average molecular weight is 684 g/mol. The van der Waals surface area contributed by atoms with Crippen molar-refractivity contribution in [3.05, 3.63) is 81.5 Å². The maximum absolute atomic E-state index is 13.6. The maximum Gasteiger partial charge on any atom is 0.490 e. The Morgan fingerprint density at radius 2 is 1.78 bits per heavy atom. The topological polar surface area (TPSA) is 145 Å². The van der Waals surface area contributed by atoms with Crippen LogP contribution in [0.25, 0.3) is 0 Å². The molecule has 2 aromatic carbocycles. The van der Waals surface area contributed by atoms with Gasteiger partial charge in [0.05, 0.1) is 18.0 Å². The minimum Gasteiger partial charge on any atom is -0.475 e. The van der Waals surface area contributed by atoms with Crippen molar-refractivity contribution in [1.82, 2.24) is 19.5 Å². The van der Waals surface area contributed by atoms with Gasteiger partial charge in [0.25, 0.3) is 5.91 Å². The molecule has 3 aromatic rings. The predicted molar refractivity (Wildman–Crippen MR) is 163 cm³/mol. The van der Waals surface area contributed by atoms with E-state index in [-0.39, 0.29) is 35.0 Å². The summed E-state index contributed by atoms with van der Waals surface area (Å²) in [7, 11) is -2.10. The van der Waals surface area contributed by atoms with Gasteiger partial charge in [0.2, 0.25) is 15.9 Å². The molecule has 0 radical (unpaired) electrons. The first kappa shape index (κ1) is 34.9. The third-order valence-electron chi connectivity index (χ3n) is 7.29. The van der Waals surface area contributed by atoms with E-state index in [4.69, 9.17) is 25.9 Å². The molecule has 1 aliphatic carbocycles. The molecule has 0 bridgehead atoms. The van der Waals surface area contributed by atoms with Crippen molar-refractivity contribution in [1.29, 1.82) is 0 Å². The number of likely N-dealkylation sites (N-methyl/N-ethyl adjacent to an activating group) is 1. The van der Waals surface area contributed by atoms with Gasteiger partial charge in [0.1, 0.15) is 12.1 Å². The fourth-order valence-electron chi connectivity index (χ4n) is 4.56. The fraction of sp³-hybridized carbons (Fsp3) is 0.400. The third kappa shape index (κ3) is 8.65. The van der Waals surface area contributed by atoms with Crippen LogP contribution in [0.2, 0.25) is 5.02 Å². The minimum absolute atomic E-state index is 0.0440. The number of aromatic nitrogens is 1. The van der Waals surface area contributed by atoms with E-state index in [1.54, 1.807) is 37.9 Å². The zero-order chi connectivity index (χ0) is 33.8. The SMILES string of the molecule is Cc1cc(S(=O)(=O)N(Cc2nc(C(=O)N(C)CCc3ccc(C4=NCCN4)cc3)co2)C2CC2)c(C)cc1Cl.O=C(O)C(F)(F)F. The van der Waals surface area contributed by atoms with Gasteiger partial charge in [-0.05, 0) is 61.9 Å². The van der Waals surface area contributed by atoms with Crippen molar-refractivity contribution in [2.45, 2.75) is 56.8 Å². The number of aliphatic imine (C=N–C) groups is 1. The van der Waals surface area contributed by atoms with Crippen LogP contribution >= 0.6 is 11.6 Å². The Labute approximate surface area is 269 Å². The number of nitrogens with one attached hydrogen (secondary N) is 1. The van der Waals surface area contributed by atoms with E-state index >= 15 is 0 Å². The zero-order valence-electron chi connectivity index (χ0n) is 25.3. The van der Waals surface area contributed by atoms with Crippen molar-refractivity contribution in [3.63, 3.8) is 0 Å². The fourth-order valence-corrected chi connectivity index (χ4v) is 6.71. The smallest absolute Gasteiger partial charge is 0.475 e. The largest absolute Gasteiger partial charge is 0.490 e. The van der Waals surface area contributed by atoms with Gasteiger partial charge in [-0.3, -0.25) is 9.79 Å². The van der Waals surface area contributed by atoms with E-state index in [1.807, 2.05) is 24.3 Å². The van der Waals surface area contributed by atoms with Crippen LogP contribution in [0.3, 0.4) is 0 Å². The van der Waals surface area contributed by atoms with Gasteiger partial charge < -0.3 is 19.7 Å². The average Bonchev–Trinajstić information content (AvgIpc) is 3.46. The number of carbonyl (C=O) groups is 2. The summed E-state index contributed by atoms with van der Waals surface area (Å²) in [6.45, 7) is 5.63. The third-order valence-corrected chi connectivity index (χ3v) is 9.73. The number of aryl methyl sites for hydroxylation is 2. The summed E-state index contributed by atoms with van der Waals surface area (Å²) < 4.78 is 65.9. The highest BCUT2D eigenvalue weighted by Crippen LogP contribution is 2.35. The number of nitrogens with zero attached hydrogens (tertiary/aromatic N) is 4. The Bertz CT molecular complexity index is 1720. The molecule has 46 heavy (non-hydrogen) atoms. The number of halogens is 4. The Hall–Kier alpha value is -3.95. The minimum atomic E-state index is -5.08. The molecule has 1 amide bonds. The van der Waals surface area contributed by atoms with Crippen molar-refractivity contribution < 1.29 is 40.7 Å². The first-order valence-corrected chi connectivity index (χ1v) is 16.1. The molecular formula is C30H33ClF3N5O6S. The summed E-state index contributed by atoms with van der Waals surface area (Å²) in [5.41, 5.74) is 3.59. The number of hydrogen-bond donors (Lipinski definition) is 2. The summed E-state index contributed by atoms with van der Waals surface area (Å²) in [5.74, 6) is -1.93. The molecule has 11 nitrogen and oxygen atoms in total. The second kappa shape index (κ2) is 14.2. The maximum atomic E-state index is 13.6. The number of oxazole rings is 1. The molecule has 0 atom stereocenters. The van der Waals surface area contributed by atoms with Gasteiger partial charge in [0.15, 0.2) is 5.69 Å². The van der Waals surface area contributed by atoms with E-state index < -0.39 is 22.2 Å². The van der Waals surface area contributed by atoms with Crippen LogP contribution in [0.15, 0.2) is 57.0 Å². The molecule has 1 fully saturated rings. The normalized spacial score (nSPS) is 14.7. The van der Waals surface area contributed by atoms with Gasteiger partial charge in [0, 0.05) is 36.8 Å². The van der Waals surface area contributed by atoms with Crippen molar-refractivity contribution in [2.75, 3.05) is 26.7 Å². The highest BCUT2D eigenvalue weighted by molar-refractivity contribution is 7.89. The molecule has 248 valence electrons. The number of carboxylic acids is 1. The van der Waals surface area contributed by atoms with Gasteiger partial charge in [-0.1, -0.05) is 35.9 Å². The number of rotatable bonds is 10. The first-order valence-electron chi connectivity index (χ1n) is 14.2. The van der Waals surface area contributed by atoms with Gasteiger partial charge in [-0.25, -0.2) is 18.2 Å². The molecule has 0 spiro atoms. The first-order chi connectivity index (χ1) is 21.6. The predicted octanol–water partition coefficient (Wildman–Crippen LogP) is 4.60. The monoisotopic (exact) mass is 683 g/mol. The molecule has 5 rings (SSSR count). The van der Waals surface area contributed by atoms with Crippen molar-refractivity contribution in [3.8, 4) is 0 Å². The number of carbonyl (C=O) groups excluding carboxylic acids is 1. The molecule has 0 saturated heterocycles. The summed E-state index contributed by atoms with van der Waals surface area (Å²) >= 11 is 6.19. The van der Waals surface area contributed by atoms with Gasteiger partial charge in [-0.15, -0.1) is 0 Å². The number of benzene rings is 2. The molecule has 16 heteroatoms. The van der Waals surface area contributed by atoms with Crippen LogP contribution in [-0.2, 0) is 27.8 Å². The Kier molecular flexibility index (Phi) is 10.8. The summed E-state index contributed by atoms with van der Waals surface area (Å²) in [4.78, 5) is 32.5. The molecule has 2 N–H and O–H groups in total. The lowest BCUT2D eigenvalue weighted by atomic mass is 10.1. The number of carboxylic acid groups (broad SMARTS) is 1. The molecule has 1 aromatic heterocycles. The van der Waals surface area contributed by atoms with Crippen LogP contribution in [0.1, 0.15) is 51.5 Å².